The molecule has 0 aromatic heterocycles. The molecule has 1 rings (SSSR count). The fourth-order valence-corrected chi connectivity index (χ4v) is 2.89. The number of benzene rings is 1. The first kappa shape index (κ1) is 18.1. The van der Waals surface area contributed by atoms with Crippen LogP contribution in [0.3, 0.4) is 0 Å². The fourth-order valence-electron chi connectivity index (χ4n) is 1.69. The Labute approximate surface area is 129 Å². The second kappa shape index (κ2) is 7.88. The Bertz CT molecular complexity index is 644. The standard InChI is InChI=1S/C14H19FN2O4S/c1-17(2)14(19)8-5-9-22(20,21)10-13(18)16-12-7-4-3-6-11(12)15/h3-4,6-7H,5,8-10H2,1-2H3,(H,16,18). The van der Waals surface area contributed by atoms with Crippen molar-refractivity contribution >= 4 is 27.3 Å². The van der Waals surface area contributed by atoms with Gasteiger partial charge >= 0.3 is 0 Å². The molecule has 0 bridgehead atoms. The number of carbonyl (C=O) groups is 2. The Morgan fingerprint density at radius 2 is 1.86 bits per heavy atom. The summed E-state index contributed by atoms with van der Waals surface area (Å²) in [5.41, 5.74) is -0.0644. The van der Waals surface area contributed by atoms with Gasteiger partial charge < -0.3 is 10.2 Å². The molecule has 0 saturated carbocycles. The molecule has 0 aliphatic rings. The lowest BCUT2D eigenvalue weighted by molar-refractivity contribution is -0.128. The van der Waals surface area contributed by atoms with Crippen molar-refractivity contribution in [2.24, 2.45) is 0 Å². The summed E-state index contributed by atoms with van der Waals surface area (Å²) in [7, 11) is -0.476. The van der Waals surface area contributed by atoms with Crippen molar-refractivity contribution in [1.29, 1.82) is 0 Å². The minimum absolute atomic E-state index is 0.0644. The van der Waals surface area contributed by atoms with Crippen LogP contribution in [-0.2, 0) is 19.4 Å². The number of para-hydroxylation sites is 1. The minimum Gasteiger partial charge on any atom is -0.349 e. The zero-order valence-electron chi connectivity index (χ0n) is 12.5. The maximum atomic E-state index is 13.3. The van der Waals surface area contributed by atoms with Gasteiger partial charge in [-0.15, -0.1) is 0 Å². The zero-order chi connectivity index (χ0) is 16.8. The van der Waals surface area contributed by atoms with Gasteiger partial charge in [0, 0.05) is 20.5 Å². The summed E-state index contributed by atoms with van der Waals surface area (Å²) in [6.45, 7) is 0. The van der Waals surface area contributed by atoms with E-state index in [2.05, 4.69) is 5.32 Å². The first-order valence-electron chi connectivity index (χ1n) is 6.66. The van der Waals surface area contributed by atoms with Crippen LogP contribution in [-0.4, -0.2) is 50.7 Å². The molecule has 1 N–H and O–H groups in total. The molecule has 0 atom stereocenters. The van der Waals surface area contributed by atoms with Crippen LogP contribution in [0.15, 0.2) is 24.3 Å². The molecule has 0 radical (unpaired) electrons. The lowest BCUT2D eigenvalue weighted by Crippen LogP contribution is -2.26. The highest BCUT2D eigenvalue weighted by molar-refractivity contribution is 7.92. The summed E-state index contributed by atoms with van der Waals surface area (Å²) < 4.78 is 36.9. The quantitative estimate of drug-likeness (QED) is 0.810. The van der Waals surface area contributed by atoms with Crippen molar-refractivity contribution in [3.63, 3.8) is 0 Å². The summed E-state index contributed by atoms with van der Waals surface area (Å²) in [6.07, 6.45) is 0.244. The average Bonchev–Trinajstić information content (AvgIpc) is 2.40. The molecular formula is C14H19FN2O4S. The van der Waals surface area contributed by atoms with E-state index in [0.29, 0.717) is 0 Å². The summed E-state index contributed by atoms with van der Waals surface area (Å²) in [4.78, 5) is 24.4. The third-order valence-corrected chi connectivity index (χ3v) is 4.46. The van der Waals surface area contributed by atoms with E-state index in [4.69, 9.17) is 0 Å². The fraction of sp³-hybridized carbons (Fsp3) is 0.429. The maximum Gasteiger partial charge on any atom is 0.239 e. The number of sulfone groups is 1. The molecular weight excluding hydrogens is 311 g/mol. The predicted molar refractivity (Wildman–Crippen MR) is 81.6 cm³/mol. The molecule has 122 valence electrons. The number of hydrogen-bond acceptors (Lipinski definition) is 4. The van der Waals surface area contributed by atoms with Crippen molar-refractivity contribution < 1.29 is 22.4 Å². The smallest absolute Gasteiger partial charge is 0.239 e. The van der Waals surface area contributed by atoms with E-state index in [0.717, 1.165) is 6.07 Å². The molecule has 0 aliphatic heterocycles. The number of nitrogens with one attached hydrogen (secondary N) is 1. The number of amides is 2. The highest BCUT2D eigenvalue weighted by Crippen LogP contribution is 2.12. The number of anilines is 1. The van der Waals surface area contributed by atoms with E-state index in [1.807, 2.05) is 0 Å². The highest BCUT2D eigenvalue weighted by atomic mass is 32.2. The minimum atomic E-state index is -3.64. The lowest BCUT2D eigenvalue weighted by atomic mass is 10.3. The maximum absolute atomic E-state index is 13.3. The van der Waals surface area contributed by atoms with E-state index in [1.165, 1.54) is 23.1 Å². The topological polar surface area (TPSA) is 83.6 Å². The van der Waals surface area contributed by atoms with Gasteiger partial charge in [0.05, 0.1) is 11.4 Å². The zero-order valence-corrected chi connectivity index (χ0v) is 13.3. The van der Waals surface area contributed by atoms with Crippen LogP contribution in [0.1, 0.15) is 12.8 Å². The average molecular weight is 330 g/mol. The SMILES string of the molecule is CN(C)C(=O)CCCS(=O)(=O)CC(=O)Nc1ccccc1F. The molecule has 6 nitrogen and oxygen atoms in total. The van der Waals surface area contributed by atoms with Gasteiger partial charge in [-0.25, -0.2) is 12.8 Å². The molecule has 0 unspecified atom stereocenters. The van der Waals surface area contributed by atoms with Gasteiger partial charge in [0.25, 0.3) is 0 Å². The van der Waals surface area contributed by atoms with Crippen LogP contribution >= 0.6 is 0 Å². The number of hydrogen-bond donors (Lipinski definition) is 1. The Hall–Kier alpha value is -1.96. The number of carbonyl (C=O) groups excluding carboxylic acids is 2. The molecule has 0 heterocycles. The second-order valence-corrected chi connectivity index (χ2v) is 7.20. The normalized spacial score (nSPS) is 11.0. The van der Waals surface area contributed by atoms with Crippen LogP contribution < -0.4 is 5.32 Å². The molecule has 1 aromatic rings. The largest absolute Gasteiger partial charge is 0.349 e. The summed E-state index contributed by atoms with van der Waals surface area (Å²) >= 11 is 0. The highest BCUT2D eigenvalue weighted by Gasteiger charge is 2.18. The Balaban J connectivity index is 2.49. The van der Waals surface area contributed by atoms with Crippen molar-refractivity contribution in [3.05, 3.63) is 30.1 Å². The third-order valence-electron chi connectivity index (χ3n) is 2.84. The molecule has 1 aromatic carbocycles. The van der Waals surface area contributed by atoms with Gasteiger partial charge in [0.1, 0.15) is 11.6 Å². The van der Waals surface area contributed by atoms with E-state index >= 15 is 0 Å². The summed E-state index contributed by atoms with van der Waals surface area (Å²) in [5.74, 6) is -2.62. The first-order valence-corrected chi connectivity index (χ1v) is 8.48. The van der Waals surface area contributed by atoms with E-state index in [1.54, 1.807) is 14.1 Å². The van der Waals surface area contributed by atoms with E-state index in [9.17, 15) is 22.4 Å². The molecule has 0 spiro atoms. The first-order chi connectivity index (χ1) is 10.2. The molecule has 0 saturated heterocycles. The Morgan fingerprint density at radius 1 is 1.23 bits per heavy atom. The molecule has 2 amide bonds. The van der Waals surface area contributed by atoms with Gasteiger partial charge in [-0.3, -0.25) is 9.59 Å². The van der Waals surface area contributed by atoms with Gasteiger partial charge in [-0.1, -0.05) is 12.1 Å². The van der Waals surface area contributed by atoms with E-state index < -0.39 is 27.3 Å². The number of halogens is 1. The van der Waals surface area contributed by atoms with Gasteiger partial charge in [-0.2, -0.15) is 0 Å². The van der Waals surface area contributed by atoms with Crippen LogP contribution in [0, 0.1) is 5.82 Å². The lowest BCUT2D eigenvalue weighted by Gasteiger charge is -2.10. The third kappa shape index (κ3) is 6.21. The van der Waals surface area contributed by atoms with Crippen molar-refractivity contribution in [2.45, 2.75) is 12.8 Å². The van der Waals surface area contributed by atoms with Crippen molar-refractivity contribution in [1.82, 2.24) is 4.90 Å². The molecule has 22 heavy (non-hydrogen) atoms. The van der Waals surface area contributed by atoms with Gasteiger partial charge in [0.15, 0.2) is 9.84 Å². The van der Waals surface area contributed by atoms with Crippen LogP contribution in [0.5, 0.6) is 0 Å². The second-order valence-electron chi connectivity index (χ2n) is 5.01. The summed E-state index contributed by atoms with van der Waals surface area (Å²) in [5, 5.41) is 2.22. The van der Waals surface area contributed by atoms with E-state index in [-0.39, 0.29) is 30.2 Å². The molecule has 0 fully saturated rings. The summed E-state index contributed by atoms with van der Waals surface area (Å²) in [6, 6.07) is 5.50. The van der Waals surface area contributed by atoms with Gasteiger partial charge in [-0.05, 0) is 18.6 Å². The van der Waals surface area contributed by atoms with Crippen LogP contribution in [0.25, 0.3) is 0 Å². The molecule has 0 aliphatic carbocycles. The monoisotopic (exact) mass is 330 g/mol. The van der Waals surface area contributed by atoms with Crippen molar-refractivity contribution in [2.75, 3.05) is 30.9 Å². The number of nitrogens with zero attached hydrogens (tertiary/aromatic N) is 1. The van der Waals surface area contributed by atoms with Crippen LogP contribution in [0.2, 0.25) is 0 Å². The number of rotatable bonds is 7. The molecule has 8 heteroatoms. The van der Waals surface area contributed by atoms with Crippen molar-refractivity contribution in [3.8, 4) is 0 Å². The van der Waals surface area contributed by atoms with Gasteiger partial charge in [0.2, 0.25) is 11.8 Å². The Morgan fingerprint density at radius 3 is 2.45 bits per heavy atom. The van der Waals surface area contributed by atoms with Crippen LogP contribution in [0.4, 0.5) is 10.1 Å². The predicted octanol–water partition coefficient (Wildman–Crippen LogP) is 1.05. The Kier molecular flexibility index (Phi) is 6.48.